The van der Waals surface area contributed by atoms with Crippen molar-refractivity contribution in [3.63, 3.8) is 0 Å². The van der Waals surface area contributed by atoms with E-state index in [0.29, 0.717) is 0 Å². The van der Waals surface area contributed by atoms with Crippen LogP contribution in [-0.4, -0.2) is 23.6 Å². The molecule has 5 nitrogen and oxygen atoms in total. The van der Waals surface area contributed by atoms with Crippen LogP contribution in [0.15, 0.2) is 24.3 Å². The molecule has 0 aliphatic carbocycles. The van der Waals surface area contributed by atoms with E-state index < -0.39 is 29.5 Å². The number of hydrogen-bond donors (Lipinski definition) is 2. The fraction of sp³-hybridized carbons (Fsp3) is 0.429. The van der Waals surface area contributed by atoms with Gasteiger partial charge in [0, 0.05) is 0 Å². The van der Waals surface area contributed by atoms with E-state index in [2.05, 4.69) is 10.6 Å². The summed E-state index contributed by atoms with van der Waals surface area (Å²) in [7, 11) is 0. The molecule has 2 amide bonds. The molecule has 0 bridgehead atoms. The summed E-state index contributed by atoms with van der Waals surface area (Å²) in [6.45, 7) is 6.69. The Morgan fingerprint density at radius 1 is 1.25 bits per heavy atom. The number of amides is 2. The Hall–Kier alpha value is -2.11. The number of anilines is 1. The first kappa shape index (κ1) is 15.9. The number of rotatable bonds is 3. The van der Waals surface area contributed by atoms with E-state index in [4.69, 9.17) is 4.74 Å². The fourth-order valence-electron chi connectivity index (χ4n) is 1.37. The average Bonchev–Trinajstić information content (AvgIpc) is 2.29. The van der Waals surface area contributed by atoms with Gasteiger partial charge in [-0.2, -0.15) is 0 Å². The topological polar surface area (TPSA) is 67.4 Å². The summed E-state index contributed by atoms with van der Waals surface area (Å²) in [6.07, 6.45) is 0. The zero-order chi connectivity index (χ0) is 15.3. The summed E-state index contributed by atoms with van der Waals surface area (Å²) < 4.78 is 18.5. The number of benzene rings is 1. The third-order valence-corrected chi connectivity index (χ3v) is 2.23. The number of carbonyl (C=O) groups is 2. The van der Waals surface area contributed by atoms with Crippen LogP contribution in [0.1, 0.15) is 27.7 Å². The number of ether oxygens (including phenoxy) is 1. The van der Waals surface area contributed by atoms with Crippen LogP contribution in [0.2, 0.25) is 0 Å². The molecule has 6 heteroatoms. The lowest BCUT2D eigenvalue weighted by atomic mass is 10.2. The standard InChI is InChI=1S/C14H19FN2O3/c1-9(12(18)20-14(2,3)4)16-13(19)17-11-8-6-5-7-10(11)15/h5-9H,1-4H3,(H2,16,17,19)/t9-/m1/s1. The van der Waals surface area contributed by atoms with Crippen molar-refractivity contribution >= 4 is 17.7 Å². The summed E-state index contributed by atoms with van der Waals surface area (Å²) >= 11 is 0. The van der Waals surface area contributed by atoms with Crippen molar-refractivity contribution in [3.05, 3.63) is 30.1 Å². The molecule has 0 aromatic heterocycles. The third kappa shape index (κ3) is 5.26. The largest absolute Gasteiger partial charge is 0.458 e. The zero-order valence-corrected chi connectivity index (χ0v) is 12.0. The van der Waals surface area contributed by atoms with Crippen molar-refractivity contribution in [3.8, 4) is 0 Å². The van der Waals surface area contributed by atoms with Crippen molar-refractivity contribution < 1.29 is 18.7 Å². The van der Waals surface area contributed by atoms with E-state index in [9.17, 15) is 14.0 Å². The Morgan fingerprint density at radius 3 is 2.40 bits per heavy atom. The number of nitrogens with one attached hydrogen (secondary N) is 2. The first-order valence-electron chi connectivity index (χ1n) is 6.24. The molecule has 1 rings (SSSR count). The maximum Gasteiger partial charge on any atom is 0.328 e. The first-order valence-corrected chi connectivity index (χ1v) is 6.24. The smallest absolute Gasteiger partial charge is 0.328 e. The molecule has 1 aromatic carbocycles. The van der Waals surface area contributed by atoms with Crippen LogP contribution in [0.3, 0.4) is 0 Å². The Balaban J connectivity index is 2.54. The van der Waals surface area contributed by atoms with Gasteiger partial charge in [0.15, 0.2) is 0 Å². The maximum atomic E-state index is 13.3. The highest BCUT2D eigenvalue weighted by atomic mass is 19.1. The zero-order valence-electron chi connectivity index (χ0n) is 12.0. The van der Waals surface area contributed by atoms with Crippen LogP contribution in [0.4, 0.5) is 14.9 Å². The molecule has 110 valence electrons. The van der Waals surface area contributed by atoms with Gasteiger partial charge in [0.25, 0.3) is 0 Å². The summed E-state index contributed by atoms with van der Waals surface area (Å²) in [5.74, 6) is -1.10. The number of esters is 1. The number of para-hydroxylation sites is 1. The van der Waals surface area contributed by atoms with Gasteiger partial charge in [0.2, 0.25) is 0 Å². The van der Waals surface area contributed by atoms with E-state index in [-0.39, 0.29) is 5.69 Å². The summed E-state index contributed by atoms with van der Waals surface area (Å²) in [5.41, 5.74) is -0.587. The Labute approximate surface area is 117 Å². The fourth-order valence-corrected chi connectivity index (χ4v) is 1.37. The van der Waals surface area contributed by atoms with Gasteiger partial charge >= 0.3 is 12.0 Å². The number of halogens is 1. The average molecular weight is 282 g/mol. The molecule has 1 atom stereocenters. The Morgan fingerprint density at radius 2 is 1.85 bits per heavy atom. The second-order valence-electron chi connectivity index (χ2n) is 5.33. The lowest BCUT2D eigenvalue weighted by Gasteiger charge is -2.22. The number of urea groups is 1. The molecular formula is C14H19FN2O3. The molecule has 1 aromatic rings. The number of hydrogen-bond acceptors (Lipinski definition) is 3. The lowest BCUT2D eigenvalue weighted by Crippen LogP contribution is -2.44. The van der Waals surface area contributed by atoms with E-state index in [1.807, 2.05) is 0 Å². The lowest BCUT2D eigenvalue weighted by molar-refractivity contribution is -0.156. The van der Waals surface area contributed by atoms with Gasteiger partial charge in [0.05, 0.1) is 5.69 Å². The van der Waals surface area contributed by atoms with E-state index in [1.54, 1.807) is 26.8 Å². The monoisotopic (exact) mass is 282 g/mol. The molecule has 20 heavy (non-hydrogen) atoms. The van der Waals surface area contributed by atoms with E-state index >= 15 is 0 Å². The minimum atomic E-state index is -0.832. The van der Waals surface area contributed by atoms with Gasteiger partial charge in [-0.1, -0.05) is 12.1 Å². The van der Waals surface area contributed by atoms with Crippen LogP contribution < -0.4 is 10.6 Å². The SMILES string of the molecule is C[C@@H](NC(=O)Nc1ccccc1F)C(=O)OC(C)(C)C. The predicted molar refractivity (Wildman–Crippen MR) is 73.9 cm³/mol. The minimum Gasteiger partial charge on any atom is -0.458 e. The third-order valence-electron chi connectivity index (χ3n) is 2.23. The van der Waals surface area contributed by atoms with Crippen LogP contribution in [0, 0.1) is 5.82 Å². The van der Waals surface area contributed by atoms with Crippen LogP contribution in [0.25, 0.3) is 0 Å². The van der Waals surface area contributed by atoms with Crippen molar-refractivity contribution in [2.45, 2.75) is 39.3 Å². The molecule has 0 aliphatic heterocycles. The van der Waals surface area contributed by atoms with Gasteiger partial charge in [-0.15, -0.1) is 0 Å². The van der Waals surface area contributed by atoms with E-state index in [0.717, 1.165) is 0 Å². The highest BCUT2D eigenvalue weighted by molar-refractivity contribution is 5.92. The van der Waals surface area contributed by atoms with Gasteiger partial charge in [-0.3, -0.25) is 0 Å². The van der Waals surface area contributed by atoms with E-state index in [1.165, 1.54) is 25.1 Å². The number of carbonyl (C=O) groups excluding carboxylic acids is 2. The van der Waals surface area contributed by atoms with Crippen LogP contribution in [0.5, 0.6) is 0 Å². The molecule has 0 unspecified atom stereocenters. The molecule has 0 saturated heterocycles. The van der Waals surface area contributed by atoms with Gasteiger partial charge in [0.1, 0.15) is 17.5 Å². The van der Waals surface area contributed by atoms with Crippen molar-refractivity contribution in [2.24, 2.45) is 0 Å². The van der Waals surface area contributed by atoms with Crippen molar-refractivity contribution in [2.75, 3.05) is 5.32 Å². The van der Waals surface area contributed by atoms with Gasteiger partial charge < -0.3 is 15.4 Å². The maximum absolute atomic E-state index is 13.3. The van der Waals surface area contributed by atoms with Gasteiger partial charge in [-0.05, 0) is 39.8 Å². The molecule has 0 radical (unpaired) electrons. The summed E-state index contributed by atoms with van der Waals surface area (Å²) in [4.78, 5) is 23.3. The summed E-state index contributed by atoms with van der Waals surface area (Å²) in [5, 5.41) is 4.71. The molecule has 0 saturated carbocycles. The molecule has 2 N–H and O–H groups in total. The molecule has 0 spiro atoms. The minimum absolute atomic E-state index is 0.0430. The second-order valence-corrected chi connectivity index (χ2v) is 5.33. The van der Waals surface area contributed by atoms with Crippen LogP contribution >= 0.6 is 0 Å². The van der Waals surface area contributed by atoms with Crippen LogP contribution in [-0.2, 0) is 9.53 Å². The Kier molecular flexibility index (Phi) is 5.07. The second kappa shape index (κ2) is 6.36. The van der Waals surface area contributed by atoms with Crippen molar-refractivity contribution in [1.82, 2.24) is 5.32 Å². The van der Waals surface area contributed by atoms with Gasteiger partial charge in [-0.25, -0.2) is 14.0 Å². The molecule has 0 fully saturated rings. The predicted octanol–water partition coefficient (Wildman–Crippen LogP) is 2.68. The highest BCUT2D eigenvalue weighted by Crippen LogP contribution is 2.12. The summed E-state index contributed by atoms with van der Waals surface area (Å²) in [6, 6.07) is 4.26. The van der Waals surface area contributed by atoms with Crippen molar-refractivity contribution in [1.29, 1.82) is 0 Å². The first-order chi connectivity index (χ1) is 9.19. The Bertz CT molecular complexity index is 497. The molecule has 0 aliphatic rings. The molecule has 0 heterocycles. The quantitative estimate of drug-likeness (QED) is 0.838. The highest BCUT2D eigenvalue weighted by Gasteiger charge is 2.23. The normalized spacial score (nSPS) is 12.4. The molecular weight excluding hydrogens is 263 g/mol.